The number of hydrogen-bond acceptors (Lipinski definition) is 5. The average molecular weight is 453 g/mol. The first kappa shape index (κ1) is 21.7. The van der Waals surface area contributed by atoms with Gasteiger partial charge in [-0.3, -0.25) is 4.79 Å². The number of nitrogens with zero attached hydrogens (tertiary/aromatic N) is 2. The number of alkyl halides is 2. The Morgan fingerprint density at radius 3 is 2.45 bits per heavy atom. The summed E-state index contributed by atoms with van der Waals surface area (Å²) in [5, 5.41) is 16.5. The molecule has 2 aromatic carbocycles. The van der Waals surface area contributed by atoms with Crippen molar-refractivity contribution in [3.8, 4) is 22.8 Å². The molecule has 2 heterocycles. The number of carboxylic acids is 1. The van der Waals surface area contributed by atoms with Gasteiger partial charge in [0.2, 0.25) is 11.7 Å². The first-order valence-corrected chi connectivity index (χ1v) is 11.2. The molecular formula is C25H25F2N3O3. The second kappa shape index (κ2) is 8.67. The molecule has 1 aromatic heterocycles. The van der Waals surface area contributed by atoms with Crippen LogP contribution in [-0.4, -0.2) is 33.7 Å². The summed E-state index contributed by atoms with van der Waals surface area (Å²) in [6, 6.07) is 15.4. The van der Waals surface area contributed by atoms with Crippen molar-refractivity contribution in [2.75, 3.05) is 6.54 Å². The van der Waals surface area contributed by atoms with Gasteiger partial charge in [0.1, 0.15) is 0 Å². The smallest absolute Gasteiger partial charge is 0.303 e. The summed E-state index contributed by atoms with van der Waals surface area (Å²) in [6.07, 6.45) is 1.34. The first-order valence-electron chi connectivity index (χ1n) is 11.2. The molecule has 3 aromatic rings. The van der Waals surface area contributed by atoms with Gasteiger partial charge in [-0.05, 0) is 54.5 Å². The fourth-order valence-electron chi connectivity index (χ4n) is 4.92. The molecule has 1 saturated carbocycles. The highest BCUT2D eigenvalue weighted by Crippen LogP contribution is 2.44. The Balaban J connectivity index is 1.25. The minimum Gasteiger partial charge on any atom is -0.481 e. The number of rotatable bonds is 6. The molecular weight excluding hydrogens is 428 g/mol. The highest BCUT2D eigenvalue weighted by Gasteiger charge is 2.39. The number of carboxylic acid groups (broad SMARTS) is 1. The molecule has 1 aliphatic carbocycles. The van der Waals surface area contributed by atoms with Crippen LogP contribution in [0.5, 0.6) is 0 Å². The van der Waals surface area contributed by atoms with Gasteiger partial charge < -0.3 is 14.9 Å². The number of halogens is 2. The van der Waals surface area contributed by atoms with Gasteiger partial charge in [-0.25, -0.2) is 8.78 Å². The van der Waals surface area contributed by atoms with Crippen LogP contribution in [0.15, 0.2) is 53.1 Å². The summed E-state index contributed by atoms with van der Waals surface area (Å²) in [6.45, 7) is 0.703. The van der Waals surface area contributed by atoms with E-state index in [2.05, 4.69) is 15.5 Å². The van der Waals surface area contributed by atoms with Crippen molar-refractivity contribution < 1.29 is 23.2 Å². The maximum Gasteiger partial charge on any atom is 0.303 e. The minimum atomic E-state index is -2.56. The predicted octanol–water partition coefficient (Wildman–Crippen LogP) is 5.43. The standard InChI is InChI=1S/C25H25F2N3O3/c26-25(27)10-9-20(13-25)16-1-7-19(8-2-16)24-29-23(30-33-24)18-5-3-17(4-6-18)21-11-15(14-28-21)12-22(31)32/h1-8,15,20-21,28H,9-14H2,(H,31,32). The molecule has 3 atom stereocenters. The summed E-state index contributed by atoms with van der Waals surface area (Å²) < 4.78 is 32.4. The number of nitrogens with one attached hydrogen (secondary N) is 1. The quantitative estimate of drug-likeness (QED) is 0.517. The molecule has 6 nitrogen and oxygen atoms in total. The molecule has 0 radical (unpaired) electrons. The van der Waals surface area contributed by atoms with Gasteiger partial charge in [0, 0.05) is 36.4 Å². The molecule has 3 unspecified atom stereocenters. The third kappa shape index (κ3) is 4.80. The Hall–Kier alpha value is -3.13. The Morgan fingerprint density at radius 1 is 1.09 bits per heavy atom. The molecule has 2 fully saturated rings. The number of hydrogen-bond donors (Lipinski definition) is 2. The Labute approximate surface area is 190 Å². The molecule has 8 heteroatoms. The van der Waals surface area contributed by atoms with Crippen LogP contribution in [0.2, 0.25) is 0 Å². The van der Waals surface area contributed by atoms with Crippen molar-refractivity contribution in [1.29, 1.82) is 0 Å². The van der Waals surface area contributed by atoms with Crippen LogP contribution in [0.3, 0.4) is 0 Å². The van der Waals surface area contributed by atoms with E-state index in [1.807, 2.05) is 48.5 Å². The molecule has 5 rings (SSSR count). The largest absolute Gasteiger partial charge is 0.481 e. The van der Waals surface area contributed by atoms with E-state index >= 15 is 0 Å². The summed E-state index contributed by atoms with van der Waals surface area (Å²) in [5.41, 5.74) is 3.58. The minimum absolute atomic E-state index is 0.0506. The van der Waals surface area contributed by atoms with Gasteiger partial charge in [0.25, 0.3) is 5.89 Å². The van der Waals surface area contributed by atoms with Crippen LogP contribution in [0.25, 0.3) is 22.8 Å². The fourth-order valence-corrected chi connectivity index (χ4v) is 4.92. The van der Waals surface area contributed by atoms with E-state index in [-0.39, 0.29) is 37.1 Å². The zero-order chi connectivity index (χ0) is 23.0. The van der Waals surface area contributed by atoms with Gasteiger partial charge in [-0.1, -0.05) is 41.6 Å². The van der Waals surface area contributed by atoms with Crippen molar-refractivity contribution in [2.24, 2.45) is 5.92 Å². The van der Waals surface area contributed by atoms with E-state index in [4.69, 9.17) is 9.63 Å². The Kier molecular flexibility index (Phi) is 5.70. The van der Waals surface area contributed by atoms with Crippen molar-refractivity contribution in [3.63, 3.8) is 0 Å². The topological polar surface area (TPSA) is 88.2 Å². The highest BCUT2D eigenvalue weighted by atomic mass is 19.3. The average Bonchev–Trinajstić information content (AvgIpc) is 3.54. The van der Waals surface area contributed by atoms with Gasteiger partial charge >= 0.3 is 5.97 Å². The summed E-state index contributed by atoms with van der Waals surface area (Å²) in [4.78, 5) is 15.4. The van der Waals surface area contributed by atoms with Crippen molar-refractivity contribution in [3.05, 3.63) is 59.7 Å². The highest BCUT2D eigenvalue weighted by molar-refractivity contribution is 5.67. The number of carbonyl (C=O) groups is 1. The SMILES string of the molecule is O=C(O)CC1CNC(c2ccc(-c3noc(-c4ccc(C5CCC(F)(F)C5)cc4)n3)cc2)C1. The molecule has 1 aliphatic heterocycles. The van der Waals surface area contributed by atoms with Gasteiger partial charge in [0.05, 0.1) is 0 Å². The maximum absolute atomic E-state index is 13.5. The van der Waals surface area contributed by atoms with E-state index in [9.17, 15) is 13.6 Å². The van der Waals surface area contributed by atoms with E-state index in [0.29, 0.717) is 24.7 Å². The third-order valence-electron chi connectivity index (χ3n) is 6.72. The second-order valence-corrected chi connectivity index (χ2v) is 9.12. The first-order chi connectivity index (χ1) is 15.9. The normalized spacial score (nSPS) is 24.2. The number of aromatic nitrogens is 2. The van der Waals surface area contributed by atoms with Crippen LogP contribution in [-0.2, 0) is 4.79 Å². The molecule has 172 valence electrons. The van der Waals surface area contributed by atoms with Gasteiger partial charge in [0.15, 0.2) is 0 Å². The van der Waals surface area contributed by atoms with Crippen LogP contribution >= 0.6 is 0 Å². The molecule has 2 N–H and O–H groups in total. The lowest BCUT2D eigenvalue weighted by Gasteiger charge is -2.11. The molecule has 0 spiro atoms. The molecule has 2 aliphatic rings. The summed E-state index contributed by atoms with van der Waals surface area (Å²) in [5.74, 6) is -2.44. The Morgan fingerprint density at radius 2 is 1.79 bits per heavy atom. The second-order valence-electron chi connectivity index (χ2n) is 9.12. The van der Waals surface area contributed by atoms with E-state index in [0.717, 1.165) is 28.7 Å². The zero-order valence-corrected chi connectivity index (χ0v) is 18.0. The van der Waals surface area contributed by atoms with E-state index in [1.165, 1.54) is 0 Å². The van der Waals surface area contributed by atoms with Crippen LogP contribution in [0.1, 0.15) is 55.2 Å². The molecule has 33 heavy (non-hydrogen) atoms. The number of aliphatic carboxylic acids is 1. The van der Waals surface area contributed by atoms with Gasteiger partial charge in [-0.15, -0.1) is 0 Å². The Bertz CT molecular complexity index is 1130. The predicted molar refractivity (Wildman–Crippen MR) is 118 cm³/mol. The zero-order valence-electron chi connectivity index (χ0n) is 18.0. The van der Waals surface area contributed by atoms with E-state index in [1.54, 1.807) is 0 Å². The molecule has 0 amide bonds. The van der Waals surface area contributed by atoms with Gasteiger partial charge in [-0.2, -0.15) is 4.98 Å². The molecule has 0 bridgehead atoms. The van der Waals surface area contributed by atoms with Crippen molar-refractivity contribution >= 4 is 5.97 Å². The van der Waals surface area contributed by atoms with Crippen LogP contribution in [0, 0.1) is 5.92 Å². The lowest BCUT2D eigenvalue weighted by Crippen LogP contribution is -2.14. The maximum atomic E-state index is 13.5. The van der Waals surface area contributed by atoms with Crippen molar-refractivity contribution in [2.45, 2.75) is 50.0 Å². The van der Waals surface area contributed by atoms with Crippen LogP contribution in [0.4, 0.5) is 8.78 Å². The summed E-state index contributed by atoms with van der Waals surface area (Å²) in [7, 11) is 0. The summed E-state index contributed by atoms with van der Waals surface area (Å²) >= 11 is 0. The van der Waals surface area contributed by atoms with E-state index < -0.39 is 11.9 Å². The lowest BCUT2D eigenvalue weighted by molar-refractivity contribution is -0.137. The fraction of sp³-hybridized carbons (Fsp3) is 0.400. The number of benzene rings is 2. The lowest BCUT2D eigenvalue weighted by atomic mass is 9.96. The third-order valence-corrected chi connectivity index (χ3v) is 6.72. The van der Waals surface area contributed by atoms with Crippen LogP contribution < -0.4 is 5.32 Å². The van der Waals surface area contributed by atoms with Crippen molar-refractivity contribution in [1.82, 2.24) is 15.5 Å². The molecule has 1 saturated heterocycles. The monoisotopic (exact) mass is 453 g/mol.